The summed E-state index contributed by atoms with van der Waals surface area (Å²) in [6.07, 6.45) is 1.84. The maximum absolute atomic E-state index is 11.7. The molecule has 0 bridgehead atoms. The lowest BCUT2D eigenvalue weighted by Crippen LogP contribution is -2.34. The second kappa shape index (κ2) is 8.67. The van der Waals surface area contributed by atoms with Gasteiger partial charge in [0.05, 0.1) is 6.61 Å². The lowest BCUT2D eigenvalue weighted by Gasteiger charge is -2.23. The smallest absolute Gasteiger partial charge is 0.220 e. The van der Waals surface area contributed by atoms with Crippen LogP contribution in [0, 0.1) is 12.3 Å². The van der Waals surface area contributed by atoms with Crippen molar-refractivity contribution in [2.75, 3.05) is 19.8 Å². The number of rotatable bonds is 9. The van der Waals surface area contributed by atoms with E-state index in [2.05, 4.69) is 5.32 Å². The normalized spacial score (nSPS) is 11.2. The van der Waals surface area contributed by atoms with Crippen LogP contribution in [0.3, 0.4) is 0 Å². The van der Waals surface area contributed by atoms with Gasteiger partial charge in [-0.05, 0) is 42.9 Å². The highest BCUT2D eigenvalue weighted by atomic mass is 16.5. The predicted molar refractivity (Wildman–Crippen MR) is 84.4 cm³/mol. The number of nitrogens with one attached hydrogen (secondary N) is 1. The van der Waals surface area contributed by atoms with Crippen molar-refractivity contribution in [3.8, 4) is 5.75 Å². The molecule has 1 aromatic rings. The highest BCUT2D eigenvalue weighted by Crippen LogP contribution is 2.18. The molecule has 0 saturated carbocycles. The van der Waals surface area contributed by atoms with Crippen LogP contribution in [0.1, 0.15) is 38.7 Å². The van der Waals surface area contributed by atoms with Crippen LogP contribution in [0.5, 0.6) is 5.75 Å². The first-order chi connectivity index (χ1) is 9.93. The lowest BCUT2D eigenvalue weighted by molar-refractivity contribution is -0.121. The molecular weight excluding hydrogens is 266 g/mol. The fourth-order valence-electron chi connectivity index (χ4n) is 1.95. The fraction of sp³-hybridized carbons (Fsp3) is 0.588. The molecule has 21 heavy (non-hydrogen) atoms. The Morgan fingerprint density at radius 1 is 1.38 bits per heavy atom. The molecule has 0 radical (unpaired) electrons. The summed E-state index contributed by atoms with van der Waals surface area (Å²) in [5.74, 6) is 0.883. The highest BCUT2D eigenvalue weighted by molar-refractivity contribution is 5.75. The quantitative estimate of drug-likeness (QED) is 0.688. The van der Waals surface area contributed by atoms with Gasteiger partial charge in [-0.2, -0.15) is 0 Å². The lowest BCUT2D eigenvalue weighted by atomic mass is 9.90. The van der Waals surface area contributed by atoms with Crippen molar-refractivity contribution in [3.05, 3.63) is 29.8 Å². The van der Waals surface area contributed by atoms with E-state index in [1.165, 1.54) is 0 Å². The van der Waals surface area contributed by atoms with Gasteiger partial charge < -0.3 is 15.2 Å². The number of carbonyl (C=O) groups is 1. The Hall–Kier alpha value is -1.55. The zero-order valence-corrected chi connectivity index (χ0v) is 13.3. The Labute approximate surface area is 127 Å². The first-order valence-electron chi connectivity index (χ1n) is 7.50. The minimum absolute atomic E-state index is 0.0360. The van der Waals surface area contributed by atoms with Crippen molar-refractivity contribution < 1.29 is 14.6 Å². The molecule has 0 saturated heterocycles. The van der Waals surface area contributed by atoms with Crippen molar-refractivity contribution in [2.45, 2.75) is 40.0 Å². The summed E-state index contributed by atoms with van der Waals surface area (Å²) in [4.78, 5) is 11.7. The molecule has 1 amide bonds. The summed E-state index contributed by atoms with van der Waals surface area (Å²) in [6, 6.07) is 7.89. The van der Waals surface area contributed by atoms with E-state index in [0.717, 1.165) is 11.3 Å². The van der Waals surface area contributed by atoms with E-state index in [9.17, 15) is 4.79 Å². The number of ether oxygens (including phenoxy) is 1. The van der Waals surface area contributed by atoms with E-state index < -0.39 is 0 Å². The molecule has 1 rings (SSSR count). The van der Waals surface area contributed by atoms with Gasteiger partial charge in [0.2, 0.25) is 5.91 Å². The molecule has 0 atom stereocenters. The SMILES string of the molecule is Cc1cccc(OCCCC(=O)NCC(C)(C)CCO)c1. The number of carbonyl (C=O) groups excluding carboxylic acids is 1. The van der Waals surface area contributed by atoms with Crippen LogP contribution in [0.4, 0.5) is 0 Å². The first kappa shape index (κ1) is 17.5. The van der Waals surface area contributed by atoms with E-state index in [-0.39, 0.29) is 17.9 Å². The molecule has 0 aliphatic rings. The fourth-order valence-corrected chi connectivity index (χ4v) is 1.95. The van der Waals surface area contributed by atoms with Crippen molar-refractivity contribution in [2.24, 2.45) is 5.41 Å². The standard InChI is InChI=1S/C17H27NO3/c1-14-6-4-7-15(12-14)21-11-5-8-16(20)18-13-17(2,3)9-10-19/h4,6-7,12,19H,5,8-11,13H2,1-3H3,(H,18,20). The van der Waals surface area contributed by atoms with Crippen molar-refractivity contribution in [1.29, 1.82) is 0 Å². The Kier molecular flexibility index (Phi) is 7.23. The van der Waals surface area contributed by atoms with Gasteiger partial charge in [0.25, 0.3) is 0 Å². The molecule has 2 N–H and O–H groups in total. The van der Waals surface area contributed by atoms with Crippen molar-refractivity contribution in [3.63, 3.8) is 0 Å². The minimum Gasteiger partial charge on any atom is -0.494 e. The molecule has 4 heteroatoms. The first-order valence-corrected chi connectivity index (χ1v) is 7.50. The van der Waals surface area contributed by atoms with Gasteiger partial charge in [-0.15, -0.1) is 0 Å². The van der Waals surface area contributed by atoms with Crippen molar-refractivity contribution >= 4 is 5.91 Å². The van der Waals surface area contributed by atoms with Gasteiger partial charge in [0.15, 0.2) is 0 Å². The zero-order valence-electron chi connectivity index (χ0n) is 13.3. The van der Waals surface area contributed by atoms with Crippen LogP contribution >= 0.6 is 0 Å². The molecule has 1 aromatic carbocycles. The number of benzene rings is 1. The topological polar surface area (TPSA) is 58.6 Å². The number of aryl methyl sites for hydroxylation is 1. The third kappa shape index (κ3) is 7.71. The third-order valence-corrected chi connectivity index (χ3v) is 3.36. The second-order valence-corrected chi connectivity index (χ2v) is 6.18. The predicted octanol–water partition coefficient (Wildman–Crippen LogP) is 2.68. The molecule has 0 heterocycles. The maximum Gasteiger partial charge on any atom is 0.220 e. The van der Waals surface area contributed by atoms with Gasteiger partial charge in [-0.3, -0.25) is 4.79 Å². The molecule has 0 aliphatic carbocycles. The summed E-state index contributed by atoms with van der Waals surface area (Å²) >= 11 is 0. The number of aliphatic hydroxyl groups excluding tert-OH is 1. The number of amides is 1. The summed E-state index contributed by atoms with van der Waals surface area (Å²) in [6.45, 7) is 7.36. The minimum atomic E-state index is -0.0670. The third-order valence-electron chi connectivity index (χ3n) is 3.36. The summed E-state index contributed by atoms with van der Waals surface area (Å²) in [5.41, 5.74) is 1.10. The molecule has 0 aromatic heterocycles. The number of hydrogen-bond acceptors (Lipinski definition) is 3. The van der Waals surface area contributed by atoms with E-state index in [4.69, 9.17) is 9.84 Å². The van der Waals surface area contributed by atoms with E-state index in [1.807, 2.05) is 45.0 Å². The summed E-state index contributed by atoms with van der Waals surface area (Å²) in [7, 11) is 0. The number of hydrogen-bond donors (Lipinski definition) is 2. The Balaban J connectivity index is 2.16. The van der Waals surface area contributed by atoms with Crippen LogP contribution in [-0.2, 0) is 4.79 Å². The Morgan fingerprint density at radius 2 is 2.14 bits per heavy atom. The average Bonchev–Trinajstić information content (AvgIpc) is 2.42. The van der Waals surface area contributed by atoms with E-state index >= 15 is 0 Å². The zero-order chi connectivity index (χ0) is 15.7. The van der Waals surface area contributed by atoms with Crippen LogP contribution in [0.15, 0.2) is 24.3 Å². The van der Waals surface area contributed by atoms with Gasteiger partial charge >= 0.3 is 0 Å². The summed E-state index contributed by atoms with van der Waals surface area (Å²) < 4.78 is 5.61. The molecular formula is C17H27NO3. The Morgan fingerprint density at radius 3 is 2.81 bits per heavy atom. The molecule has 4 nitrogen and oxygen atoms in total. The largest absolute Gasteiger partial charge is 0.494 e. The highest BCUT2D eigenvalue weighted by Gasteiger charge is 2.17. The van der Waals surface area contributed by atoms with E-state index in [0.29, 0.717) is 32.4 Å². The van der Waals surface area contributed by atoms with Gasteiger partial charge in [0, 0.05) is 19.6 Å². The molecule has 0 spiro atoms. The average molecular weight is 293 g/mol. The number of aliphatic hydroxyl groups is 1. The van der Waals surface area contributed by atoms with Gasteiger partial charge in [0.1, 0.15) is 5.75 Å². The van der Waals surface area contributed by atoms with Gasteiger partial charge in [-0.1, -0.05) is 26.0 Å². The molecule has 0 aliphatic heterocycles. The van der Waals surface area contributed by atoms with Gasteiger partial charge in [-0.25, -0.2) is 0 Å². The maximum atomic E-state index is 11.7. The molecule has 118 valence electrons. The molecule has 0 unspecified atom stereocenters. The van der Waals surface area contributed by atoms with E-state index in [1.54, 1.807) is 0 Å². The van der Waals surface area contributed by atoms with Crippen molar-refractivity contribution in [1.82, 2.24) is 5.32 Å². The van der Waals surface area contributed by atoms with Crippen LogP contribution in [-0.4, -0.2) is 30.8 Å². The second-order valence-electron chi connectivity index (χ2n) is 6.18. The Bertz CT molecular complexity index is 443. The monoisotopic (exact) mass is 293 g/mol. The van der Waals surface area contributed by atoms with Crippen LogP contribution < -0.4 is 10.1 Å². The van der Waals surface area contributed by atoms with Crippen LogP contribution in [0.25, 0.3) is 0 Å². The summed E-state index contributed by atoms with van der Waals surface area (Å²) in [5, 5.41) is 11.8. The van der Waals surface area contributed by atoms with Crippen LogP contribution in [0.2, 0.25) is 0 Å². The molecule has 0 fully saturated rings.